The number of urea groups is 2. The van der Waals surface area contributed by atoms with Crippen LogP contribution in [0.4, 0.5) is 65.4 Å². The Bertz CT molecular complexity index is 3990. The summed E-state index contributed by atoms with van der Waals surface area (Å²) < 4.78 is 210. The number of alkyl halides is 10. The molecule has 10 N–H and O–H groups in total. The van der Waals surface area contributed by atoms with Crippen LogP contribution in [0.3, 0.4) is 0 Å². The number of ether oxygens (including phenoxy) is 5. The number of esters is 1. The lowest BCUT2D eigenvalue weighted by molar-refractivity contribution is -0.146. The third-order valence-electron chi connectivity index (χ3n) is 10.1. The number of anilines is 2. The van der Waals surface area contributed by atoms with Crippen LogP contribution >= 0.6 is 30.8 Å². The maximum Gasteiger partial charge on any atom is 0.416 e. The number of amides is 4. The van der Waals surface area contributed by atoms with Gasteiger partial charge in [0, 0.05) is 6.42 Å². The SMILES string of the molecule is COc1nc(C)nc(NC(=O)NS(=O)(=O)c2ccccc2CCC(F)(F)F)n1.C[C@H](OC(=O)c1cc(Oc2ccc(C(F)(F)F)cc2Cl)ccc1Cl)C(=O)O.O=C(Nc1nc(OC(F)F)cc(OC(F)F)n1)NS(=O)(=O)c1ccccc1C(=O)O.O=C(O)CNCP(=O)(O)O. The summed E-state index contributed by atoms with van der Waals surface area (Å²) in [6.45, 7) is -4.59. The molecule has 0 spiro atoms. The lowest BCUT2D eigenvalue weighted by atomic mass is 10.1. The van der Waals surface area contributed by atoms with Crippen molar-refractivity contribution in [2.45, 2.75) is 68.2 Å². The summed E-state index contributed by atoms with van der Waals surface area (Å²) >= 11 is 11.7. The topological polar surface area (TPSA) is 460 Å². The van der Waals surface area contributed by atoms with Crippen LogP contribution in [0, 0.1) is 6.92 Å². The van der Waals surface area contributed by atoms with Gasteiger partial charge < -0.3 is 48.8 Å². The zero-order valence-corrected chi connectivity index (χ0v) is 51.6. The number of nitrogens with one attached hydrogen (secondary N) is 5. The molecule has 2 heterocycles. The van der Waals surface area contributed by atoms with Gasteiger partial charge in [0.25, 0.3) is 20.0 Å². The molecule has 1 atom stereocenters. The van der Waals surface area contributed by atoms with E-state index in [1.165, 1.54) is 61.2 Å². The Morgan fingerprint density at radius 2 is 1.21 bits per heavy atom. The molecule has 46 heteroatoms. The van der Waals surface area contributed by atoms with Gasteiger partial charge in [-0.25, -0.2) is 50.3 Å². The predicted octanol–water partition coefficient (Wildman–Crippen LogP) is 8.31. The minimum absolute atomic E-state index is 0.0246. The highest BCUT2D eigenvalue weighted by molar-refractivity contribution is 7.90. The number of aromatic nitrogens is 5. The number of carboxylic acid groups (broad SMARTS) is 3. The lowest BCUT2D eigenvalue weighted by Gasteiger charge is -2.13. The van der Waals surface area contributed by atoms with Crippen LogP contribution in [0.2, 0.25) is 10.0 Å². The van der Waals surface area contributed by atoms with Crippen molar-refractivity contribution in [2.75, 3.05) is 30.6 Å². The third kappa shape index (κ3) is 28.7. The van der Waals surface area contributed by atoms with Gasteiger partial charge in [0.1, 0.15) is 22.2 Å². The summed E-state index contributed by atoms with van der Waals surface area (Å²) in [5.74, 6) is -8.04. The van der Waals surface area contributed by atoms with Crippen LogP contribution in [-0.2, 0) is 51.5 Å². The van der Waals surface area contributed by atoms with E-state index in [2.05, 4.69) is 45.0 Å². The van der Waals surface area contributed by atoms with E-state index in [0.29, 0.717) is 12.1 Å². The van der Waals surface area contributed by atoms with Gasteiger partial charge in [0.15, 0.2) is 6.10 Å². The smallest absolute Gasteiger partial charge is 0.416 e. The summed E-state index contributed by atoms with van der Waals surface area (Å²) in [5.41, 5.74) is -1.83. The van der Waals surface area contributed by atoms with Gasteiger partial charge in [0.2, 0.25) is 23.7 Å². The first-order valence-corrected chi connectivity index (χ1v) is 30.4. The number of halogens is 12. The van der Waals surface area contributed by atoms with Crippen molar-refractivity contribution >= 4 is 98.7 Å². The number of rotatable bonds is 23. The van der Waals surface area contributed by atoms with E-state index in [0.717, 1.165) is 43.3 Å². The standard InChI is InChI=1S/C17H11Cl2F3O5.C15H16F3N5O4S.C14H10F4N4O7S.C3H8NO5P/c1-8(15(23)24)26-16(25)11-7-10(3-4-12(11)18)27-14-5-2-9(6-13(14)19)17(20,21)22;1-9-19-12(22-14(20-9)27-2)21-13(24)23-28(25,26)11-6-4-3-5-10(11)7-8-15(16,17)18;15-11(16)28-8-5-9(29-12(17)18)20-13(19-8)21-14(25)22-30(26,27)7-4-2-1-3-6(7)10(23)24;5-3(6)1-4-2-10(7,8)9/h2-8H,1H3,(H,23,24);3-6H,7-8H2,1-2H3,(H2,19,20,21,22,23,24);1-5,11-12H,(H,23,24)(H2,19,20,21,22,25);4H,1-2H2,(H,5,6)(H2,7,8,9)/t8-;;;/m0.../s1. The van der Waals surface area contributed by atoms with Crippen molar-refractivity contribution in [3.05, 3.63) is 129 Å². The van der Waals surface area contributed by atoms with Crippen molar-refractivity contribution in [3.63, 3.8) is 0 Å². The first-order valence-electron chi connectivity index (χ1n) is 24.8. The number of benzene rings is 4. The van der Waals surface area contributed by atoms with Crippen LogP contribution in [-0.4, -0.2) is 148 Å². The number of sulfonamides is 2. The first kappa shape index (κ1) is 79.7. The van der Waals surface area contributed by atoms with E-state index in [4.69, 9.17) is 62.5 Å². The molecule has 95 heavy (non-hydrogen) atoms. The number of nitrogens with zero attached hydrogens (tertiary/aromatic N) is 5. The average Bonchev–Trinajstić information content (AvgIpc) is 0.832. The molecule has 0 bridgehead atoms. The highest BCUT2D eigenvalue weighted by Crippen LogP contribution is 2.38. The normalized spacial score (nSPS) is 11.7. The van der Waals surface area contributed by atoms with Crippen molar-refractivity contribution < 1.29 is 143 Å². The number of carbonyl (C=O) groups excluding carboxylic acids is 3. The van der Waals surface area contributed by atoms with Crippen LogP contribution in [0.5, 0.6) is 29.3 Å². The second kappa shape index (κ2) is 35.1. The Labute approximate surface area is 536 Å². The summed E-state index contributed by atoms with van der Waals surface area (Å²) in [6.07, 6.45) is -12.7. The number of aliphatic carboxylic acids is 2. The summed E-state index contributed by atoms with van der Waals surface area (Å²) in [6, 6.07) is 13.4. The number of carbonyl (C=O) groups is 6. The van der Waals surface area contributed by atoms with E-state index in [9.17, 15) is 94.1 Å². The minimum atomic E-state index is -4.71. The summed E-state index contributed by atoms with van der Waals surface area (Å²) in [7, 11) is -12.0. The molecule has 0 fully saturated rings. The van der Waals surface area contributed by atoms with Gasteiger partial charge in [-0.1, -0.05) is 53.5 Å². The highest BCUT2D eigenvalue weighted by Gasteiger charge is 2.32. The van der Waals surface area contributed by atoms with Crippen LogP contribution < -0.4 is 44.3 Å². The molecule has 0 aliphatic heterocycles. The Morgan fingerprint density at radius 3 is 1.71 bits per heavy atom. The monoisotopic (exact) mass is 1460 g/mol. The molecule has 4 aromatic carbocycles. The number of hydrogen-bond donors (Lipinski definition) is 10. The van der Waals surface area contributed by atoms with Gasteiger partial charge in [-0.2, -0.15) is 68.8 Å². The Balaban J connectivity index is 0.000000346. The van der Waals surface area contributed by atoms with Gasteiger partial charge in [-0.15, -0.1) is 0 Å². The molecule has 0 saturated carbocycles. The van der Waals surface area contributed by atoms with Crippen LogP contribution in [0.25, 0.3) is 0 Å². The summed E-state index contributed by atoms with van der Waals surface area (Å²) in [4.78, 5) is 101. The molecule has 0 aliphatic carbocycles. The van der Waals surface area contributed by atoms with Gasteiger partial charge >= 0.3 is 75.1 Å². The minimum Gasteiger partial charge on any atom is -0.480 e. The molecule has 4 amide bonds. The molecule has 6 rings (SSSR count). The lowest BCUT2D eigenvalue weighted by Crippen LogP contribution is -2.35. The second-order valence-corrected chi connectivity index (χ2v) is 23.1. The molecule has 2 aromatic heterocycles. The van der Waals surface area contributed by atoms with Crippen molar-refractivity contribution in [3.8, 4) is 29.3 Å². The van der Waals surface area contributed by atoms with Gasteiger partial charge in [-0.05, 0) is 80.4 Å². The summed E-state index contributed by atoms with van der Waals surface area (Å²) in [5, 5.41) is 31.4. The van der Waals surface area contributed by atoms with Crippen LogP contribution in [0.1, 0.15) is 51.0 Å². The molecule has 518 valence electrons. The number of aromatic carboxylic acids is 1. The second-order valence-electron chi connectivity index (χ2n) is 17.4. The molecule has 0 saturated heterocycles. The predicted molar refractivity (Wildman–Crippen MR) is 302 cm³/mol. The third-order valence-corrected chi connectivity index (χ3v) is 14.2. The van der Waals surface area contributed by atoms with E-state index in [-0.39, 0.29) is 50.5 Å². The largest absolute Gasteiger partial charge is 0.480 e. The number of carboxylic acids is 3. The zero-order valence-electron chi connectivity index (χ0n) is 47.5. The molecular formula is C49H45Cl2F10N10O21PS2. The van der Waals surface area contributed by atoms with Crippen molar-refractivity contribution in [1.82, 2.24) is 39.7 Å². The maximum absolute atomic E-state index is 12.7. The fourth-order valence-electron chi connectivity index (χ4n) is 6.30. The van der Waals surface area contributed by atoms with Crippen molar-refractivity contribution in [1.29, 1.82) is 0 Å². The Morgan fingerprint density at radius 1 is 0.674 bits per heavy atom. The molecular weight excluding hydrogens is 1420 g/mol. The van der Waals surface area contributed by atoms with Crippen molar-refractivity contribution in [2.24, 2.45) is 0 Å². The first-order chi connectivity index (χ1) is 43.9. The van der Waals surface area contributed by atoms with Gasteiger partial charge in [0.05, 0.1) is 57.6 Å². The molecule has 6 aromatic rings. The van der Waals surface area contributed by atoms with E-state index >= 15 is 0 Å². The Hall–Kier alpha value is -9.52. The molecule has 31 nitrogen and oxygen atoms in total. The number of methoxy groups -OCH3 is 1. The molecule has 0 unspecified atom stereocenters. The van der Waals surface area contributed by atoms with Crippen LogP contribution in [0.15, 0.2) is 101 Å². The van der Waals surface area contributed by atoms with E-state index in [1.54, 1.807) is 10.0 Å². The molecule has 0 aliphatic rings. The average molecular weight is 1470 g/mol. The number of aryl methyl sites for hydroxylation is 2. The fourth-order valence-corrected chi connectivity index (χ4v) is 9.40. The van der Waals surface area contributed by atoms with Gasteiger partial charge in [-0.3, -0.25) is 25.3 Å². The highest BCUT2D eigenvalue weighted by atomic mass is 35.5. The van der Waals surface area contributed by atoms with E-state index in [1.807, 2.05) is 0 Å². The maximum atomic E-state index is 12.7. The fraction of sp³-hybridized carbons (Fsp3) is 0.245. The molecule has 0 radical (unpaired) electrons. The zero-order chi connectivity index (χ0) is 72.0. The number of hydrogen-bond acceptors (Lipinski definition) is 22. The quantitative estimate of drug-likeness (QED) is 0.0164. The Kier molecular flexibility index (Phi) is 29.5. The van der Waals surface area contributed by atoms with E-state index < -0.39 is 160 Å².